The van der Waals surface area contributed by atoms with E-state index in [0.717, 1.165) is 5.56 Å². The zero-order chi connectivity index (χ0) is 17.5. The second-order valence-electron chi connectivity index (χ2n) is 5.06. The van der Waals surface area contributed by atoms with Gasteiger partial charge in [0.05, 0.1) is 19.2 Å². The lowest BCUT2D eigenvalue weighted by Crippen LogP contribution is -2.36. The van der Waals surface area contributed by atoms with Gasteiger partial charge in [-0.3, -0.25) is 4.79 Å². The Morgan fingerprint density at radius 2 is 1.79 bits per heavy atom. The molecule has 6 heteroatoms. The Morgan fingerprint density at radius 3 is 2.46 bits per heavy atom. The number of benzene rings is 2. The Morgan fingerprint density at radius 1 is 1.08 bits per heavy atom. The molecule has 0 fully saturated rings. The van der Waals surface area contributed by atoms with E-state index in [1.54, 1.807) is 51.5 Å². The van der Waals surface area contributed by atoms with Gasteiger partial charge in [0.1, 0.15) is 5.75 Å². The summed E-state index contributed by atoms with van der Waals surface area (Å²) in [5, 5.41) is 3.29. The fourth-order valence-corrected chi connectivity index (χ4v) is 2.38. The van der Waals surface area contributed by atoms with Gasteiger partial charge in [-0.05, 0) is 25.1 Å². The van der Waals surface area contributed by atoms with Crippen molar-refractivity contribution in [1.82, 2.24) is 5.32 Å². The molecule has 0 aliphatic carbocycles. The third-order valence-corrected chi connectivity index (χ3v) is 3.76. The van der Waals surface area contributed by atoms with Crippen LogP contribution in [0.25, 0.3) is 0 Å². The van der Waals surface area contributed by atoms with Crippen LogP contribution in [0.4, 0.5) is 0 Å². The molecule has 0 heterocycles. The third kappa shape index (κ3) is 4.32. The van der Waals surface area contributed by atoms with Gasteiger partial charge in [-0.2, -0.15) is 0 Å². The number of hydrogen-bond donors (Lipinski definition) is 1. The summed E-state index contributed by atoms with van der Waals surface area (Å²) in [6, 6.07) is 12.5. The van der Waals surface area contributed by atoms with Crippen molar-refractivity contribution in [2.75, 3.05) is 14.2 Å². The van der Waals surface area contributed by atoms with Gasteiger partial charge >= 0.3 is 0 Å². The molecule has 0 saturated carbocycles. The molecule has 0 bridgehead atoms. The highest BCUT2D eigenvalue weighted by molar-refractivity contribution is 6.32. The molecule has 24 heavy (non-hydrogen) atoms. The highest BCUT2D eigenvalue weighted by Crippen LogP contribution is 2.30. The summed E-state index contributed by atoms with van der Waals surface area (Å²) in [6.45, 7) is 1.97. The van der Waals surface area contributed by atoms with Gasteiger partial charge in [0.2, 0.25) is 0 Å². The number of carbonyl (C=O) groups is 1. The van der Waals surface area contributed by atoms with E-state index in [1.165, 1.54) is 0 Å². The first kappa shape index (κ1) is 17.9. The van der Waals surface area contributed by atoms with Crippen LogP contribution in [0.15, 0.2) is 42.5 Å². The second kappa shape index (κ2) is 8.45. The van der Waals surface area contributed by atoms with Crippen molar-refractivity contribution in [1.29, 1.82) is 0 Å². The lowest BCUT2D eigenvalue weighted by atomic mass is 10.2. The van der Waals surface area contributed by atoms with E-state index in [9.17, 15) is 4.79 Å². The van der Waals surface area contributed by atoms with Crippen LogP contribution in [0.5, 0.6) is 17.2 Å². The van der Waals surface area contributed by atoms with Crippen molar-refractivity contribution in [3.8, 4) is 17.2 Å². The molecule has 1 N–H and O–H groups in total. The van der Waals surface area contributed by atoms with E-state index in [-0.39, 0.29) is 5.91 Å². The van der Waals surface area contributed by atoms with Gasteiger partial charge < -0.3 is 19.5 Å². The minimum absolute atomic E-state index is 0.250. The van der Waals surface area contributed by atoms with Gasteiger partial charge in [0, 0.05) is 12.1 Å². The number of amides is 1. The molecule has 1 atom stereocenters. The van der Waals surface area contributed by atoms with Gasteiger partial charge in [-0.15, -0.1) is 0 Å². The molecule has 1 unspecified atom stereocenters. The molecule has 2 aromatic carbocycles. The fraction of sp³-hybridized carbons (Fsp3) is 0.278. The summed E-state index contributed by atoms with van der Waals surface area (Å²) in [5.74, 6) is 1.44. The summed E-state index contributed by atoms with van der Waals surface area (Å²) in [4.78, 5) is 12.2. The van der Waals surface area contributed by atoms with Gasteiger partial charge in [0.25, 0.3) is 5.91 Å². The van der Waals surface area contributed by atoms with Crippen LogP contribution in [0, 0.1) is 0 Å². The predicted molar refractivity (Wildman–Crippen MR) is 92.9 cm³/mol. The van der Waals surface area contributed by atoms with Crippen molar-refractivity contribution in [3.05, 3.63) is 53.1 Å². The molecule has 2 rings (SSSR count). The Labute approximate surface area is 146 Å². The molecule has 2 aromatic rings. The Balaban J connectivity index is 1.99. The number of para-hydroxylation sites is 2. The molecule has 128 valence electrons. The van der Waals surface area contributed by atoms with Crippen LogP contribution in [-0.4, -0.2) is 26.2 Å². The zero-order valence-corrected chi connectivity index (χ0v) is 14.6. The number of halogens is 1. The second-order valence-corrected chi connectivity index (χ2v) is 5.47. The van der Waals surface area contributed by atoms with Crippen molar-refractivity contribution < 1.29 is 19.0 Å². The van der Waals surface area contributed by atoms with Crippen LogP contribution < -0.4 is 19.5 Å². The molecular formula is C18H20ClNO4. The van der Waals surface area contributed by atoms with Crippen LogP contribution in [0.2, 0.25) is 5.02 Å². The van der Waals surface area contributed by atoms with Crippen molar-refractivity contribution in [3.63, 3.8) is 0 Å². The van der Waals surface area contributed by atoms with Crippen LogP contribution in [0.1, 0.15) is 12.5 Å². The maximum atomic E-state index is 12.2. The van der Waals surface area contributed by atoms with Crippen LogP contribution in [-0.2, 0) is 11.3 Å². The number of rotatable bonds is 7. The lowest BCUT2D eigenvalue weighted by molar-refractivity contribution is -0.127. The normalized spacial score (nSPS) is 11.5. The third-order valence-electron chi connectivity index (χ3n) is 3.45. The number of methoxy groups -OCH3 is 2. The van der Waals surface area contributed by atoms with E-state index in [1.807, 2.05) is 12.1 Å². The monoisotopic (exact) mass is 349 g/mol. The molecule has 0 aliphatic rings. The maximum absolute atomic E-state index is 12.2. The maximum Gasteiger partial charge on any atom is 0.261 e. The van der Waals surface area contributed by atoms with E-state index in [2.05, 4.69) is 5.32 Å². The van der Waals surface area contributed by atoms with Gasteiger partial charge in [-0.1, -0.05) is 35.9 Å². The Hall–Kier alpha value is -2.40. The number of ether oxygens (including phenoxy) is 3. The highest BCUT2D eigenvalue weighted by Gasteiger charge is 2.17. The largest absolute Gasteiger partial charge is 0.493 e. The zero-order valence-electron chi connectivity index (χ0n) is 13.8. The summed E-state index contributed by atoms with van der Waals surface area (Å²) in [5.41, 5.74) is 0.815. The first-order valence-electron chi connectivity index (χ1n) is 7.45. The molecule has 1 amide bonds. The minimum atomic E-state index is -0.679. The van der Waals surface area contributed by atoms with E-state index in [4.69, 9.17) is 25.8 Å². The van der Waals surface area contributed by atoms with Crippen LogP contribution in [0.3, 0.4) is 0 Å². The minimum Gasteiger partial charge on any atom is -0.493 e. The Kier molecular flexibility index (Phi) is 6.32. The standard InChI is InChI=1S/C18H20ClNO4/c1-12(24-15-9-5-4-8-14(15)19)18(21)20-11-13-7-6-10-16(22-2)17(13)23-3/h4-10,12H,11H2,1-3H3,(H,20,21). The molecule has 0 spiro atoms. The molecule has 0 aromatic heterocycles. The van der Waals surface area contributed by atoms with E-state index in [0.29, 0.717) is 28.8 Å². The van der Waals surface area contributed by atoms with E-state index >= 15 is 0 Å². The number of carbonyl (C=O) groups excluding carboxylic acids is 1. The quantitative estimate of drug-likeness (QED) is 0.832. The molecule has 0 aliphatic heterocycles. The summed E-state index contributed by atoms with van der Waals surface area (Å²) < 4.78 is 16.2. The molecular weight excluding hydrogens is 330 g/mol. The van der Waals surface area contributed by atoms with Crippen LogP contribution >= 0.6 is 11.6 Å². The highest BCUT2D eigenvalue weighted by atomic mass is 35.5. The topological polar surface area (TPSA) is 56.8 Å². The average Bonchev–Trinajstić information content (AvgIpc) is 2.60. The van der Waals surface area contributed by atoms with Crippen molar-refractivity contribution in [2.45, 2.75) is 19.6 Å². The fourth-order valence-electron chi connectivity index (χ4n) is 2.20. The van der Waals surface area contributed by atoms with Gasteiger partial charge in [-0.25, -0.2) is 0 Å². The number of hydrogen-bond acceptors (Lipinski definition) is 4. The summed E-state index contributed by atoms with van der Waals surface area (Å²) in [6.07, 6.45) is -0.679. The summed E-state index contributed by atoms with van der Waals surface area (Å²) >= 11 is 6.03. The van der Waals surface area contributed by atoms with Gasteiger partial charge in [0.15, 0.2) is 17.6 Å². The smallest absolute Gasteiger partial charge is 0.261 e. The first-order chi connectivity index (χ1) is 11.6. The van der Waals surface area contributed by atoms with E-state index < -0.39 is 6.10 Å². The van der Waals surface area contributed by atoms with Crippen molar-refractivity contribution in [2.24, 2.45) is 0 Å². The SMILES string of the molecule is COc1cccc(CNC(=O)C(C)Oc2ccccc2Cl)c1OC. The Bertz CT molecular complexity index is 705. The number of nitrogens with one attached hydrogen (secondary N) is 1. The van der Waals surface area contributed by atoms with Crippen molar-refractivity contribution >= 4 is 17.5 Å². The predicted octanol–water partition coefficient (Wildman–Crippen LogP) is 3.44. The molecule has 0 radical (unpaired) electrons. The summed E-state index contributed by atoms with van der Waals surface area (Å²) in [7, 11) is 3.13. The lowest BCUT2D eigenvalue weighted by Gasteiger charge is -2.17. The first-order valence-corrected chi connectivity index (χ1v) is 7.83. The average molecular weight is 350 g/mol. The molecule has 0 saturated heterocycles. The molecule has 5 nitrogen and oxygen atoms in total.